The molecule has 0 aromatic rings. The predicted molar refractivity (Wildman–Crippen MR) is 37.5 cm³/mol. The highest BCUT2D eigenvalue weighted by Crippen LogP contribution is 2.65. The maximum absolute atomic E-state index is 6.02. The van der Waals surface area contributed by atoms with Gasteiger partial charge in [0.2, 0.25) is 0 Å². The molecule has 3 unspecified atom stereocenters. The van der Waals surface area contributed by atoms with Crippen LogP contribution < -0.4 is 5.73 Å². The second-order valence-electron chi connectivity index (χ2n) is 4.00. The molecule has 3 atom stereocenters. The number of ether oxygens (including phenoxy) is 1. The molecule has 0 bridgehead atoms. The molecule has 56 valence electrons. The molecule has 1 saturated heterocycles. The maximum Gasteiger partial charge on any atom is 0.0690 e. The van der Waals surface area contributed by atoms with E-state index in [9.17, 15) is 0 Å². The van der Waals surface area contributed by atoms with Crippen molar-refractivity contribution in [2.45, 2.75) is 31.4 Å². The van der Waals surface area contributed by atoms with E-state index >= 15 is 0 Å². The minimum atomic E-state index is 0.486. The molecule has 2 aliphatic carbocycles. The lowest BCUT2D eigenvalue weighted by molar-refractivity contribution is -0.0605. The van der Waals surface area contributed by atoms with Gasteiger partial charge in [-0.1, -0.05) is 0 Å². The van der Waals surface area contributed by atoms with Crippen molar-refractivity contribution in [1.29, 1.82) is 0 Å². The highest BCUT2D eigenvalue weighted by atomic mass is 16.5. The molecule has 2 N–H and O–H groups in total. The lowest BCUT2D eigenvalue weighted by Crippen LogP contribution is -2.59. The summed E-state index contributed by atoms with van der Waals surface area (Å²) in [5.74, 6) is 0.725. The van der Waals surface area contributed by atoms with Crippen LogP contribution in [0.4, 0.5) is 0 Å². The summed E-state index contributed by atoms with van der Waals surface area (Å²) in [6.45, 7) is 0.963. The van der Waals surface area contributed by atoms with Gasteiger partial charge >= 0.3 is 0 Å². The SMILES string of the molecule is NC1C2CCOC2C12CC2. The van der Waals surface area contributed by atoms with Crippen LogP contribution in [-0.2, 0) is 4.74 Å². The highest BCUT2D eigenvalue weighted by Gasteiger charge is 2.69. The summed E-state index contributed by atoms with van der Waals surface area (Å²) in [5, 5.41) is 0. The fourth-order valence-electron chi connectivity index (χ4n) is 2.83. The number of nitrogens with two attached hydrogens (primary N) is 1. The van der Waals surface area contributed by atoms with Gasteiger partial charge in [0.25, 0.3) is 0 Å². The zero-order valence-corrected chi connectivity index (χ0v) is 6.05. The summed E-state index contributed by atoms with van der Waals surface area (Å²) in [5.41, 5.74) is 6.51. The van der Waals surface area contributed by atoms with Crippen LogP contribution in [0.3, 0.4) is 0 Å². The predicted octanol–water partition coefficient (Wildman–Crippen LogP) is 0.513. The van der Waals surface area contributed by atoms with Crippen molar-refractivity contribution in [3.8, 4) is 0 Å². The van der Waals surface area contributed by atoms with Crippen molar-refractivity contribution in [3.05, 3.63) is 0 Å². The minimum Gasteiger partial charge on any atom is -0.377 e. The number of rotatable bonds is 0. The van der Waals surface area contributed by atoms with E-state index < -0.39 is 0 Å². The van der Waals surface area contributed by atoms with Gasteiger partial charge in [0.05, 0.1) is 6.10 Å². The molecule has 1 spiro atoms. The first-order chi connectivity index (χ1) is 4.84. The molecule has 0 aromatic heterocycles. The first kappa shape index (κ1) is 5.56. The summed E-state index contributed by atoms with van der Waals surface area (Å²) in [4.78, 5) is 0. The summed E-state index contributed by atoms with van der Waals surface area (Å²) < 4.78 is 5.62. The van der Waals surface area contributed by atoms with E-state index in [1.54, 1.807) is 0 Å². The van der Waals surface area contributed by atoms with E-state index in [-0.39, 0.29) is 0 Å². The van der Waals surface area contributed by atoms with Crippen molar-refractivity contribution in [2.24, 2.45) is 17.1 Å². The topological polar surface area (TPSA) is 35.2 Å². The standard InChI is InChI=1S/C8H13NO/c9-6-5-1-4-10-7(5)8(6)2-3-8/h5-7H,1-4,9H2. The smallest absolute Gasteiger partial charge is 0.0690 e. The van der Waals surface area contributed by atoms with E-state index in [4.69, 9.17) is 10.5 Å². The molecule has 2 saturated carbocycles. The Morgan fingerprint density at radius 1 is 1.40 bits per heavy atom. The molecule has 0 amide bonds. The van der Waals surface area contributed by atoms with E-state index in [1.165, 1.54) is 19.3 Å². The summed E-state index contributed by atoms with van der Waals surface area (Å²) in [6.07, 6.45) is 4.45. The monoisotopic (exact) mass is 139 g/mol. The lowest BCUT2D eigenvalue weighted by atomic mass is 9.64. The summed E-state index contributed by atoms with van der Waals surface area (Å²) in [7, 11) is 0. The van der Waals surface area contributed by atoms with E-state index in [0.717, 1.165) is 12.5 Å². The Bertz CT molecular complexity index is 176. The molecule has 3 aliphatic rings. The van der Waals surface area contributed by atoms with Gasteiger partial charge in [-0.25, -0.2) is 0 Å². The van der Waals surface area contributed by atoms with Crippen LogP contribution in [0.1, 0.15) is 19.3 Å². The molecular formula is C8H13NO. The molecule has 2 heteroatoms. The van der Waals surface area contributed by atoms with Gasteiger partial charge in [0.15, 0.2) is 0 Å². The van der Waals surface area contributed by atoms with Gasteiger partial charge in [-0.3, -0.25) is 0 Å². The average Bonchev–Trinajstić information content (AvgIpc) is 2.66. The lowest BCUT2D eigenvalue weighted by Gasteiger charge is -2.46. The van der Waals surface area contributed by atoms with Crippen molar-refractivity contribution in [1.82, 2.24) is 0 Å². The van der Waals surface area contributed by atoms with E-state index in [0.29, 0.717) is 17.6 Å². The third-order valence-corrected chi connectivity index (χ3v) is 3.66. The molecule has 2 nitrogen and oxygen atoms in total. The highest BCUT2D eigenvalue weighted by molar-refractivity contribution is 5.21. The van der Waals surface area contributed by atoms with E-state index in [1.807, 2.05) is 0 Å². The molecular weight excluding hydrogens is 126 g/mol. The largest absolute Gasteiger partial charge is 0.377 e. The van der Waals surface area contributed by atoms with Crippen LogP contribution in [-0.4, -0.2) is 18.8 Å². The molecule has 1 heterocycles. The minimum absolute atomic E-state index is 0.486. The maximum atomic E-state index is 6.02. The van der Waals surface area contributed by atoms with Gasteiger partial charge < -0.3 is 10.5 Å². The Labute approximate surface area is 60.7 Å². The van der Waals surface area contributed by atoms with Crippen molar-refractivity contribution in [2.75, 3.05) is 6.61 Å². The molecule has 0 aromatic carbocycles. The summed E-state index contributed by atoms with van der Waals surface area (Å²) in [6, 6.07) is 0.486. The van der Waals surface area contributed by atoms with Crippen LogP contribution in [0.25, 0.3) is 0 Å². The zero-order valence-electron chi connectivity index (χ0n) is 6.05. The summed E-state index contributed by atoms with van der Waals surface area (Å²) >= 11 is 0. The van der Waals surface area contributed by atoms with Crippen molar-refractivity contribution < 1.29 is 4.74 Å². The molecule has 3 fully saturated rings. The first-order valence-corrected chi connectivity index (χ1v) is 4.22. The Morgan fingerprint density at radius 3 is 2.90 bits per heavy atom. The molecule has 1 aliphatic heterocycles. The van der Waals surface area contributed by atoms with Crippen molar-refractivity contribution >= 4 is 0 Å². The average molecular weight is 139 g/mol. The van der Waals surface area contributed by atoms with Crippen LogP contribution in [0, 0.1) is 11.3 Å². The van der Waals surface area contributed by atoms with Gasteiger partial charge in [0.1, 0.15) is 0 Å². The van der Waals surface area contributed by atoms with E-state index in [2.05, 4.69) is 0 Å². The van der Waals surface area contributed by atoms with Gasteiger partial charge in [-0.2, -0.15) is 0 Å². The Kier molecular flexibility index (Phi) is 0.783. The van der Waals surface area contributed by atoms with Crippen molar-refractivity contribution in [3.63, 3.8) is 0 Å². The number of hydrogen-bond acceptors (Lipinski definition) is 2. The Morgan fingerprint density at radius 2 is 2.20 bits per heavy atom. The Balaban J connectivity index is 1.90. The fraction of sp³-hybridized carbons (Fsp3) is 1.00. The fourth-order valence-corrected chi connectivity index (χ4v) is 2.83. The zero-order chi connectivity index (χ0) is 6.77. The van der Waals surface area contributed by atoms with Crippen LogP contribution in [0.15, 0.2) is 0 Å². The third kappa shape index (κ3) is 0.397. The quantitative estimate of drug-likeness (QED) is 0.531. The first-order valence-electron chi connectivity index (χ1n) is 4.22. The van der Waals surface area contributed by atoms with Crippen LogP contribution in [0.5, 0.6) is 0 Å². The number of hydrogen-bond donors (Lipinski definition) is 1. The second-order valence-corrected chi connectivity index (χ2v) is 4.00. The normalized spacial score (nSPS) is 54.3. The van der Waals surface area contributed by atoms with Crippen LogP contribution >= 0.6 is 0 Å². The molecule has 10 heavy (non-hydrogen) atoms. The molecule has 0 radical (unpaired) electrons. The molecule has 3 rings (SSSR count). The van der Waals surface area contributed by atoms with Gasteiger partial charge in [-0.15, -0.1) is 0 Å². The second kappa shape index (κ2) is 1.41. The Hall–Kier alpha value is -0.0800. The van der Waals surface area contributed by atoms with Gasteiger partial charge in [-0.05, 0) is 19.3 Å². The van der Waals surface area contributed by atoms with Crippen LogP contribution in [0.2, 0.25) is 0 Å². The third-order valence-electron chi connectivity index (χ3n) is 3.66. The number of fused-ring (bicyclic) bond motifs is 2. The van der Waals surface area contributed by atoms with Gasteiger partial charge in [0, 0.05) is 24.0 Å².